The number of aromatic nitrogens is 2. The average Bonchev–Trinajstić information content (AvgIpc) is 2.56. The van der Waals surface area contributed by atoms with Gasteiger partial charge in [-0.05, 0) is 37.6 Å². The molecule has 1 aromatic heterocycles. The molecule has 0 bridgehead atoms. The van der Waals surface area contributed by atoms with Crippen LogP contribution in [0, 0.1) is 13.8 Å². The lowest BCUT2D eigenvalue weighted by Gasteiger charge is -2.03. The number of nitrogen functional groups attached to an aromatic ring is 1. The molecule has 0 aliphatic heterocycles. The molecule has 0 aliphatic rings. The van der Waals surface area contributed by atoms with Crippen molar-refractivity contribution in [2.75, 3.05) is 5.73 Å². The normalized spacial score (nSPS) is 10.5. The summed E-state index contributed by atoms with van der Waals surface area (Å²) in [4.78, 5) is 1.18. The van der Waals surface area contributed by atoms with E-state index in [1.54, 1.807) is 23.1 Å². The van der Waals surface area contributed by atoms with Gasteiger partial charge in [-0.3, -0.25) is 0 Å². The lowest BCUT2D eigenvalue weighted by molar-refractivity contribution is 0.983. The fourth-order valence-electron chi connectivity index (χ4n) is 1.20. The highest BCUT2D eigenvalue weighted by atomic mass is 32.2. The van der Waals surface area contributed by atoms with E-state index in [0.29, 0.717) is 0 Å². The second-order valence-corrected chi connectivity index (χ2v) is 5.68. The maximum atomic E-state index is 5.69. The molecule has 5 heteroatoms. The number of rotatable bonds is 2. The smallest absolute Gasteiger partial charge is 0.179 e. The van der Waals surface area contributed by atoms with Crippen LogP contribution in [-0.2, 0) is 0 Å². The van der Waals surface area contributed by atoms with Gasteiger partial charge in [-0.1, -0.05) is 23.1 Å². The SMILES string of the molecule is Cc1nnc(Sc2ccc(N)cc2C)s1. The first-order valence-corrected chi connectivity index (χ1v) is 6.12. The summed E-state index contributed by atoms with van der Waals surface area (Å²) in [6.07, 6.45) is 0. The summed E-state index contributed by atoms with van der Waals surface area (Å²) < 4.78 is 0.973. The van der Waals surface area contributed by atoms with Crippen molar-refractivity contribution in [3.8, 4) is 0 Å². The summed E-state index contributed by atoms with van der Waals surface area (Å²) in [5.41, 5.74) is 7.66. The van der Waals surface area contributed by atoms with Gasteiger partial charge in [0, 0.05) is 10.6 Å². The lowest BCUT2D eigenvalue weighted by Crippen LogP contribution is -1.86. The van der Waals surface area contributed by atoms with Crippen molar-refractivity contribution < 1.29 is 0 Å². The molecule has 78 valence electrons. The second kappa shape index (κ2) is 4.20. The van der Waals surface area contributed by atoms with Crippen LogP contribution in [0.3, 0.4) is 0 Å². The third-order valence-electron chi connectivity index (χ3n) is 1.90. The molecule has 2 rings (SSSR count). The van der Waals surface area contributed by atoms with Crippen LogP contribution >= 0.6 is 23.1 Å². The Hall–Kier alpha value is -1.07. The molecule has 0 spiro atoms. The zero-order valence-corrected chi connectivity index (χ0v) is 10.2. The quantitative estimate of drug-likeness (QED) is 0.816. The molecule has 0 radical (unpaired) electrons. The third kappa shape index (κ3) is 2.49. The van der Waals surface area contributed by atoms with Crippen LogP contribution in [0.25, 0.3) is 0 Å². The molecule has 1 aromatic carbocycles. The fraction of sp³-hybridized carbons (Fsp3) is 0.200. The van der Waals surface area contributed by atoms with Gasteiger partial charge in [0.1, 0.15) is 5.01 Å². The minimum Gasteiger partial charge on any atom is -0.399 e. The molecule has 0 unspecified atom stereocenters. The van der Waals surface area contributed by atoms with Crippen molar-refractivity contribution in [1.29, 1.82) is 0 Å². The second-order valence-electron chi connectivity index (χ2n) is 3.21. The molecule has 0 fully saturated rings. The first kappa shape index (κ1) is 10.4. The maximum absolute atomic E-state index is 5.69. The van der Waals surface area contributed by atoms with Gasteiger partial charge < -0.3 is 5.73 Å². The van der Waals surface area contributed by atoms with Crippen molar-refractivity contribution in [2.24, 2.45) is 0 Å². The highest BCUT2D eigenvalue weighted by Gasteiger charge is 2.05. The van der Waals surface area contributed by atoms with E-state index in [2.05, 4.69) is 10.2 Å². The van der Waals surface area contributed by atoms with Crippen LogP contribution < -0.4 is 5.73 Å². The molecule has 3 nitrogen and oxygen atoms in total. The monoisotopic (exact) mass is 237 g/mol. The fourth-order valence-corrected chi connectivity index (χ4v) is 3.04. The highest BCUT2D eigenvalue weighted by Crippen LogP contribution is 2.32. The summed E-state index contributed by atoms with van der Waals surface area (Å²) in [6, 6.07) is 5.89. The minimum atomic E-state index is 0.797. The molecule has 0 saturated carbocycles. The Balaban J connectivity index is 2.24. The zero-order valence-electron chi connectivity index (χ0n) is 8.52. The summed E-state index contributed by atoms with van der Waals surface area (Å²) in [7, 11) is 0. The number of anilines is 1. The molecule has 2 N–H and O–H groups in total. The van der Waals surface area contributed by atoms with Gasteiger partial charge in [-0.15, -0.1) is 10.2 Å². The van der Waals surface area contributed by atoms with E-state index in [4.69, 9.17) is 5.73 Å². The van der Waals surface area contributed by atoms with Gasteiger partial charge >= 0.3 is 0 Å². The van der Waals surface area contributed by atoms with Crippen molar-refractivity contribution in [3.63, 3.8) is 0 Å². The number of hydrogen-bond acceptors (Lipinski definition) is 5. The van der Waals surface area contributed by atoms with Crippen molar-refractivity contribution in [2.45, 2.75) is 23.1 Å². The Morgan fingerprint density at radius 3 is 2.67 bits per heavy atom. The lowest BCUT2D eigenvalue weighted by atomic mass is 10.2. The van der Waals surface area contributed by atoms with Gasteiger partial charge in [0.05, 0.1) is 0 Å². The van der Waals surface area contributed by atoms with E-state index < -0.39 is 0 Å². The zero-order chi connectivity index (χ0) is 10.8. The van der Waals surface area contributed by atoms with E-state index in [1.807, 2.05) is 32.0 Å². The van der Waals surface area contributed by atoms with E-state index in [0.717, 1.165) is 15.0 Å². The molecule has 0 atom stereocenters. The summed E-state index contributed by atoms with van der Waals surface area (Å²) in [6.45, 7) is 4.00. The summed E-state index contributed by atoms with van der Waals surface area (Å²) >= 11 is 3.24. The van der Waals surface area contributed by atoms with Crippen molar-refractivity contribution in [3.05, 3.63) is 28.8 Å². The van der Waals surface area contributed by atoms with Crippen LogP contribution in [0.5, 0.6) is 0 Å². The van der Waals surface area contributed by atoms with Crippen molar-refractivity contribution in [1.82, 2.24) is 10.2 Å². The third-order valence-corrected chi connectivity index (χ3v) is 3.97. The molecule has 15 heavy (non-hydrogen) atoms. The number of nitrogens with two attached hydrogens (primary N) is 1. The standard InChI is InChI=1S/C10H11N3S2/c1-6-5-8(11)3-4-9(6)15-10-13-12-7(2)14-10/h3-5H,11H2,1-2H3. The van der Waals surface area contributed by atoms with Crippen molar-refractivity contribution >= 4 is 28.8 Å². The predicted octanol–water partition coefficient (Wildman–Crippen LogP) is 2.89. The Morgan fingerprint density at radius 1 is 1.27 bits per heavy atom. The van der Waals surface area contributed by atoms with Crippen LogP contribution in [0.1, 0.15) is 10.6 Å². The first-order chi connectivity index (χ1) is 7.15. The Labute approximate surface area is 96.7 Å². The topological polar surface area (TPSA) is 51.8 Å². The molecule has 2 aromatic rings. The maximum Gasteiger partial charge on any atom is 0.179 e. The molecule has 1 heterocycles. The Morgan fingerprint density at radius 2 is 2.07 bits per heavy atom. The van der Waals surface area contributed by atoms with E-state index >= 15 is 0 Å². The van der Waals surface area contributed by atoms with Crippen LogP contribution in [0.4, 0.5) is 5.69 Å². The molecule has 0 amide bonds. The molecular formula is C10H11N3S2. The van der Waals surface area contributed by atoms with Gasteiger partial charge in [-0.25, -0.2) is 0 Å². The number of aryl methyl sites for hydroxylation is 2. The summed E-state index contributed by atoms with van der Waals surface area (Å²) in [5.74, 6) is 0. The average molecular weight is 237 g/mol. The van der Waals surface area contributed by atoms with Gasteiger partial charge in [-0.2, -0.15) is 0 Å². The van der Waals surface area contributed by atoms with Gasteiger partial charge in [0.25, 0.3) is 0 Å². The highest BCUT2D eigenvalue weighted by molar-refractivity contribution is 8.01. The molecular weight excluding hydrogens is 226 g/mol. The van der Waals surface area contributed by atoms with E-state index in [9.17, 15) is 0 Å². The number of nitrogens with zero attached hydrogens (tertiary/aromatic N) is 2. The van der Waals surface area contributed by atoms with Crippen LogP contribution in [-0.4, -0.2) is 10.2 Å². The Kier molecular flexibility index (Phi) is 2.93. The number of hydrogen-bond donors (Lipinski definition) is 1. The summed E-state index contributed by atoms with van der Waals surface area (Å²) in [5, 5.41) is 9.05. The van der Waals surface area contributed by atoms with Gasteiger partial charge in [0.15, 0.2) is 4.34 Å². The van der Waals surface area contributed by atoms with Crippen LogP contribution in [0.2, 0.25) is 0 Å². The largest absolute Gasteiger partial charge is 0.399 e. The predicted molar refractivity (Wildman–Crippen MR) is 64.4 cm³/mol. The molecule has 0 saturated heterocycles. The van der Waals surface area contributed by atoms with Crippen LogP contribution in [0.15, 0.2) is 27.4 Å². The van der Waals surface area contributed by atoms with Gasteiger partial charge in [0.2, 0.25) is 0 Å². The first-order valence-electron chi connectivity index (χ1n) is 4.49. The molecule has 0 aliphatic carbocycles. The minimum absolute atomic E-state index is 0.797. The Bertz CT molecular complexity index is 479. The number of benzene rings is 1. The van der Waals surface area contributed by atoms with E-state index in [-0.39, 0.29) is 0 Å². The van der Waals surface area contributed by atoms with E-state index in [1.165, 1.54) is 10.5 Å².